The molecule has 26 heavy (non-hydrogen) atoms. The number of halogens is 2. The molecule has 0 radical (unpaired) electrons. The first-order valence-corrected chi connectivity index (χ1v) is 8.28. The van der Waals surface area contributed by atoms with Gasteiger partial charge in [-0.15, -0.1) is 24.0 Å². The fourth-order valence-electron chi connectivity index (χ4n) is 2.82. The van der Waals surface area contributed by atoms with Gasteiger partial charge in [0.15, 0.2) is 5.96 Å². The SMILES string of the molecule is CN=C(NCCn1c(C)nc2ccccc21)NCc1cccc(F)c1.I. The maximum atomic E-state index is 13.2. The molecule has 0 aliphatic heterocycles. The number of rotatable bonds is 5. The fraction of sp³-hybridized carbons (Fsp3) is 0.263. The van der Waals surface area contributed by atoms with E-state index in [1.54, 1.807) is 13.1 Å². The number of aryl methyl sites for hydroxylation is 1. The van der Waals surface area contributed by atoms with Gasteiger partial charge in [-0.05, 0) is 36.8 Å². The number of fused-ring (bicyclic) bond motifs is 1. The highest BCUT2D eigenvalue weighted by Gasteiger charge is 2.06. The van der Waals surface area contributed by atoms with Crippen LogP contribution in [0.3, 0.4) is 0 Å². The smallest absolute Gasteiger partial charge is 0.191 e. The van der Waals surface area contributed by atoms with Gasteiger partial charge in [0, 0.05) is 26.7 Å². The molecule has 0 aliphatic carbocycles. The summed E-state index contributed by atoms with van der Waals surface area (Å²) in [5, 5.41) is 6.47. The molecule has 5 nitrogen and oxygen atoms in total. The second kappa shape index (κ2) is 9.51. The van der Waals surface area contributed by atoms with Crippen LogP contribution in [-0.4, -0.2) is 29.1 Å². The van der Waals surface area contributed by atoms with Crippen molar-refractivity contribution in [3.05, 3.63) is 65.7 Å². The van der Waals surface area contributed by atoms with Gasteiger partial charge in [0.1, 0.15) is 11.6 Å². The van der Waals surface area contributed by atoms with Crippen molar-refractivity contribution in [3.63, 3.8) is 0 Å². The number of hydrogen-bond donors (Lipinski definition) is 2. The third-order valence-electron chi connectivity index (χ3n) is 4.05. The van der Waals surface area contributed by atoms with Crippen molar-refractivity contribution in [1.82, 2.24) is 20.2 Å². The third kappa shape index (κ3) is 4.94. The van der Waals surface area contributed by atoms with Gasteiger partial charge < -0.3 is 15.2 Å². The van der Waals surface area contributed by atoms with E-state index in [9.17, 15) is 4.39 Å². The normalized spacial score (nSPS) is 11.3. The maximum absolute atomic E-state index is 13.2. The number of aliphatic imine (C=N–C) groups is 1. The van der Waals surface area contributed by atoms with E-state index < -0.39 is 0 Å². The van der Waals surface area contributed by atoms with E-state index in [-0.39, 0.29) is 29.8 Å². The lowest BCUT2D eigenvalue weighted by Crippen LogP contribution is -2.38. The molecule has 0 atom stereocenters. The van der Waals surface area contributed by atoms with Crippen LogP contribution in [-0.2, 0) is 13.1 Å². The molecule has 0 unspecified atom stereocenters. The van der Waals surface area contributed by atoms with Gasteiger partial charge in [0.05, 0.1) is 11.0 Å². The molecule has 7 heteroatoms. The molecule has 0 fully saturated rings. The number of imidazole rings is 1. The minimum Gasteiger partial charge on any atom is -0.355 e. The van der Waals surface area contributed by atoms with Crippen LogP contribution in [0.4, 0.5) is 4.39 Å². The first-order valence-electron chi connectivity index (χ1n) is 8.28. The van der Waals surface area contributed by atoms with E-state index in [0.717, 1.165) is 29.0 Å². The molecule has 0 saturated carbocycles. The van der Waals surface area contributed by atoms with Crippen LogP contribution >= 0.6 is 24.0 Å². The number of benzene rings is 2. The van der Waals surface area contributed by atoms with E-state index in [1.165, 1.54) is 12.1 Å². The Kier molecular flexibility index (Phi) is 7.38. The monoisotopic (exact) mass is 467 g/mol. The first kappa shape index (κ1) is 20.2. The van der Waals surface area contributed by atoms with Gasteiger partial charge in [0.25, 0.3) is 0 Å². The number of hydrogen-bond acceptors (Lipinski definition) is 2. The Morgan fingerprint density at radius 1 is 1.15 bits per heavy atom. The average molecular weight is 467 g/mol. The maximum Gasteiger partial charge on any atom is 0.191 e. The summed E-state index contributed by atoms with van der Waals surface area (Å²) in [4.78, 5) is 8.77. The van der Waals surface area contributed by atoms with Gasteiger partial charge >= 0.3 is 0 Å². The molecule has 1 aromatic heterocycles. The molecule has 0 amide bonds. The standard InChI is InChI=1S/C19H22FN5.HI/c1-14-24-17-8-3-4-9-18(17)25(14)11-10-22-19(21-2)23-13-15-6-5-7-16(20)12-15;/h3-9,12H,10-11,13H2,1-2H3,(H2,21,22,23);1H. The molecule has 0 spiro atoms. The summed E-state index contributed by atoms with van der Waals surface area (Å²) in [5.41, 5.74) is 3.01. The lowest BCUT2D eigenvalue weighted by molar-refractivity contribution is 0.624. The van der Waals surface area contributed by atoms with Crippen molar-refractivity contribution in [2.75, 3.05) is 13.6 Å². The minimum absolute atomic E-state index is 0. The zero-order valence-corrected chi connectivity index (χ0v) is 17.2. The van der Waals surface area contributed by atoms with Gasteiger partial charge in [-0.25, -0.2) is 9.37 Å². The molecule has 0 saturated heterocycles. The molecule has 3 aromatic rings. The minimum atomic E-state index is -0.232. The Morgan fingerprint density at radius 2 is 1.96 bits per heavy atom. The molecule has 1 heterocycles. The van der Waals surface area contributed by atoms with Crippen molar-refractivity contribution in [1.29, 1.82) is 0 Å². The second-order valence-corrected chi connectivity index (χ2v) is 5.78. The van der Waals surface area contributed by atoms with Gasteiger partial charge in [0.2, 0.25) is 0 Å². The number of para-hydroxylation sites is 2. The van der Waals surface area contributed by atoms with Crippen molar-refractivity contribution < 1.29 is 4.39 Å². The zero-order chi connectivity index (χ0) is 17.6. The van der Waals surface area contributed by atoms with E-state index in [0.29, 0.717) is 19.0 Å². The lowest BCUT2D eigenvalue weighted by atomic mass is 10.2. The Hall–Kier alpha value is -2.16. The van der Waals surface area contributed by atoms with Gasteiger partial charge in [-0.3, -0.25) is 4.99 Å². The molecule has 2 aromatic carbocycles. The molecule has 0 aliphatic rings. The summed E-state index contributed by atoms with van der Waals surface area (Å²) in [6, 6.07) is 14.6. The number of aromatic nitrogens is 2. The van der Waals surface area contributed by atoms with Crippen LogP contribution < -0.4 is 10.6 Å². The third-order valence-corrected chi connectivity index (χ3v) is 4.05. The van der Waals surface area contributed by atoms with E-state index in [1.807, 2.05) is 31.2 Å². The molecular formula is C19H23FIN5. The molecule has 0 bridgehead atoms. The van der Waals surface area contributed by atoms with Crippen LogP contribution in [0.5, 0.6) is 0 Å². The molecule has 138 valence electrons. The Balaban J connectivity index is 0.00000243. The molecule has 2 N–H and O–H groups in total. The summed E-state index contributed by atoms with van der Waals surface area (Å²) in [6.07, 6.45) is 0. The van der Waals surface area contributed by atoms with E-state index in [2.05, 4.69) is 31.2 Å². The van der Waals surface area contributed by atoms with Crippen molar-refractivity contribution >= 4 is 41.0 Å². The van der Waals surface area contributed by atoms with Crippen molar-refractivity contribution in [3.8, 4) is 0 Å². The second-order valence-electron chi connectivity index (χ2n) is 5.78. The lowest BCUT2D eigenvalue weighted by Gasteiger charge is -2.13. The van der Waals surface area contributed by atoms with Crippen LogP contribution in [0.15, 0.2) is 53.5 Å². The highest BCUT2D eigenvalue weighted by Crippen LogP contribution is 2.14. The quantitative estimate of drug-likeness (QED) is 0.344. The summed E-state index contributed by atoms with van der Waals surface area (Å²) in [6.45, 7) is 4.03. The summed E-state index contributed by atoms with van der Waals surface area (Å²) in [5.74, 6) is 1.45. The number of nitrogens with one attached hydrogen (secondary N) is 2. The summed E-state index contributed by atoms with van der Waals surface area (Å²) < 4.78 is 15.4. The van der Waals surface area contributed by atoms with Gasteiger partial charge in [-0.1, -0.05) is 24.3 Å². The predicted molar refractivity (Wildman–Crippen MR) is 114 cm³/mol. The van der Waals surface area contributed by atoms with Crippen LogP contribution in [0.1, 0.15) is 11.4 Å². The molecular weight excluding hydrogens is 444 g/mol. The topological polar surface area (TPSA) is 54.2 Å². The van der Waals surface area contributed by atoms with E-state index >= 15 is 0 Å². The predicted octanol–water partition coefficient (Wildman–Crippen LogP) is 3.47. The highest BCUT2D eigenvalue weighted by atomic mass is 127. The van der Waals surface area contributed by atoms with Crippen LogP contribution in [0.25, 0.3) is 11.0 Å². The largest absolute Gasteiger partial charge is 0.355 e. The van der Waals surface area contributed by atoms with Crippen LogP contribution in [0.2, 0.25) is 0 Å². The Morgan fingerprint density at radius 3 is 2.73 bits per heavy atom. The average Bonchev–Trinajstić information content (AvgIpc) is 2.93. The number of guanidine groups is 1. The van der Waals surface area contributed by atoms with Crippen molar-refractivity contribution in [2.24, 2.45) is 4.99 Å². The van der Waals surface area contributed by atoms with E-state index in [4.69, 9.17) is 0 Å². The molecule has 3 rings (SSSR count). The zero-order valence-electron chi connectivity index (χ0n) is 14.9. The van der Waals surface area contributed by atoms with Crippen LogP contribution in [0, 0.1) is 12.7 Å². The number of nitrogens with zero attached hydrogens (tertiary/aromatic N) is 3. The summed E-state index contributed by atoms with van der Waals surface area (Å²) in [7, 11) is 1.72. The highest BCUT2D eigenvalue weighted by molar-refractivity contribution is 14.0. The first-order chi connectivity index (χ1) is 12.2. The summed E-state index contributed by atoms with van der Waals surface area (Å²) >= 11 is 0. The fourth-order valence-corrected chi connectivity index (χ4v) is 2.82. The Labute approximate surface area is 169 Å². The Bertz CT molecular complexity index is 891. The van der Waals surface area contributed by atoms with Gasteiger partial charge in [-0.2, -0.15) is 0 Å². The van der Waals surface area contributed by atoms with Crippen molar-refractivity contribution in [2.45, 2.75) is 20.0 Å².